The zero-order valence-electron chi connectivity index (χ0n) is 9.65. The minimum atomic E-state index is 0.753. The molecule has 0 bridgehead atoms. The summed E-state index contributed by atoms with van der Waals surface area (Å²) in [6.45, 7) is 6.48. The average molecular weight is 292 g/mol. The van der Waals surface area contributed by atoms with Crippen LogP contribution in [-0.4, -0.2) is 9.78 Å². The first-order valence-corrected chi connectivity index (χ1v) is 6.14. The van der Waals surface area contributed by atoms with E-state index in [1.807, 2.05) is 12.4 Å². The van der Waals surface area contributed by atoms with Crippen LogP contribution in [0.4, 0.5) is 5.69 Å². The van der Waals surface area contributed by atoms with Gasteiger partial charge >= 0.3 is 0 Å². The Kier molecular flexibility index (Phi) is 3.64. The second-order valence-corrected chi connectivity index (χ2v) is 4.68. The fraction of sp³-hybridized carbons (Fsp3) is 0.154. The Morgan fingerprint density at radius 3 is 3.00 bits per heavy atom. The first kappa shape index (κ1) is 11.9. The van der Waals surface area contributed by atoms with Crippen molar-refractivity contribution in [3.8, 4) is 0 Å². The molecular weight excluding hydrogens is 278 g/mol. The highest BCUT2D eigenvalue weighted by Crippen LogP contribution is 2.20. The molecule has 1 heterocycles. The van der Waals surface area contributed by atoms with Gasteiger partial charge in [0.1, 0.15) is 0 Å². The predicted octanol–water partition coefficient (Wildman–Crippen LogP) is 3.67. The lowest BCUT2D eigenvalue weighted by atomic mass is 10.2. The SMILES string of the molecule is C=Cn1cc(CNc2ccc(C)c(Br)c2)cn1. The molecule has 3 nitrogen and oxygen atoms in total. The highest BCUT2D eigenvalue weighted by Gasteiger charge is 1.99. The van der Waals surface area contributed by atoms with Crippen LogP contribution in [0.15, 0.2) is 41.6 Å². The van der Waals surface area contributed by atoms with Gasteiger partial charge in [0.05, 0.1) is 6.20 Å². The van der Waals surface area contributed by atoms with Crippen molar-refractivity contribution in [2.45, 2.75) is 13.5 Å². The minimum absolute atomic E-state index is 0.753. The Bertz CT molecular complexity index is 531. The van der Waals surface area contributed by atoms with E-state index in [0.29, 0.717) is 0 Å². The summed E-state index contributed by atoms with van der Waals surface area (Å²) in [5.41, 5.74) is 3.45. The summed E-state index contributed by atoms with van der Waals surface area (Å²) < 4.78 is 2.81. The fourth-order valence-electron chi connectivity index (χ4n) is 1.48. The summed E-state index contributed by atoms with van der Waals surface area (Å²) >= 11 is 3.52. The molecule has 2 rings (SSSR count). The van der Waals surface area contributed by atoms with Gasteiger partial charge in [0.2, 0.25) is 0 Å². The number of rotatable bonds is 4. The molecule has 0 fully saturated rings. The van der Waals surface area contributed by atoms with Crippen molar-refractivity contribution in [1.29, 1.82) is 0 Å². The second-order valence-electron chi connectivity index (χ2n) is 3.83. The molecule has 0 aliphatic heterocycles. The predicted molar refractivity (Wildman–Crippen MR) is 74.8 cm³/mol. The maximum absolute atomic E-state index is 4.13. The van der Waals surface area contributed by atoms with E-state index in [-0.39, 0.29) is 0 Å². The zero-order chi connectivity index (χ0) is 12.3. The number of hydrogen-bond donors (Lipinski definition) is 1. The van der Waals surface area contributed by atoms with E-state index >= 15 is 0 Å². The van der Waals surface area contributed by atoms with Gasteiger partial charge in [0, 0.05) is 34.7 Å². The molecule has 0 aliphatic carbocycles. The van der Waals surface area contributed by atoms with Gasteiger partial charge in [0.15, 0.2) is 0 Å². The standard InChI is InChI=1S/C13H14BrN3/c1-3-17-9-11(8-16-17)7-15-12-5-4-10(2)13(14)6-12/h3-6,8-9,15H,1,7H2,2H3. The van der Waals surface area contributed by atoms with E-state index < -0.39 is 0 Å². The number of aryl methyl sites for hydroxylation is 1. The van der Waals surface area contributed by atoms with Crippen molar-refractivity contribution in [1.82, 2.24) is 9.78 Å². The first-order chi connectivity index (χ1) is 8.19. The Morgan fingerprint density at radius 1 is 1.53 bits per heavy atom. The summed E-state index contributed by atoms with van der Waals surface area (Å²) in [5, 5.41) is 7.48. The molecule has 2 aromatic rings. The number of anilines is 1. The van der Waals surface area contributed by atoms with Crippen LogP contribution in [-0.2, 0) is 6.54 Å². The number of halogens is 1. The maximum Gasteiger partial charge on any atom is 0.0543 e. The van der Waals surface area contributed by atoms with E-state index in [0.717, 1.165) is 22.3 Å². The van der Waals surface area contributed by atoms with Crippen molar-refractivity contribution in [3.05, 3.63) is 52.8 Å². The Labute approximate surface area is 109 Å². The molecule has 88 valence electrons. The smallest absolute Gasteiger partial charge is 0.0543 e. The molecule has 0 saturated carbocycles. The Balaban J connectivity index is 2.01. The van der Waals surface area contributed by atoms with E-state index in [1.165, 1.54) is 5.56 Å². The highest BCUT2D eigenvalue weighted by atomic mass is 79.9. The maximum atomic E-state index is 4.13. The Morgan fingerprint density at radius 2 is 2.35 bits per heavy atom. The number of aromatic nitrogens is 2. The van der Waals surface area contributed by atoms with E-state index in [1.54, 1.807) is 10.9 Å². The molecule has 1 aromatic heterocycles. The lowest BCUT2D eigenvalue weighted by molar-refractivity contribution is 0.936. The average Bonchev–Trinajstić information content (AvgIpc) is 2.79. The van der Waals surface area contributed by atoms with Gasteiger partial charge in [-0.15, -0.1) is 0 Å². The second kappa shape index (κ2) is 5.19. The molecule has 0 aliphatic rings. The van der Waals surface area contributed by atoms with Crippen LogP contribution in [0.5, 0.6) is 0 Å². The van der Waals surface area contributed by atoms with Crippen molar-refractivity contribution < 1.29 is 0 Å². The Hall–Kier alpha value is -1.55. The summed E-state index contributed by atoms with van der Waals surface area (Å²) in [5.74, 6) is 0. The summed E-state index contributed by atoms with van der Waals surface area (Å²) in [6.07, 6.45) is 5.45. The largest absolute Gasteiger partial charge is 0.381 e. The van der Waals surface area contributed by atoms with Crippen LogP contribution >= 0.6 is 15.9 Å². The third-order valence-electron chi connectivity index (χ3n) is 2.51. The fourth-order valence-corrected chi connectivity index (χ4v) is 1.85. The van der Waals surface area contributed by atoms with Gasteiger partial charge < -0.3 is 5.32 Å². The third-order valence-corrected chi connectivity index (χ3v) is 3.36. The van der Waals surface area contributed by atoms with Gasteiger partial charge in [-0.05, 0) is 24.6 Å². The van der Waals surface area contributed by atoms with Crippen molar-refractivity contribution in [2.75, 3.05) is 5.32 Å². The molecule has 17 heavy (non-hydrogen) atoms. The lowest BCUT2D eigenvalue weighted by Crippen LogP contribution is -1.98. The molecular formula is C13H14BrN3. The molecule has 0 atom stereocenters. The van der Waals surface area contributed by atoms with Gasteiger partial charge in [-0.1, -0.05) is 28.6 Å². The van der Waals surface area contributed by atoms with Crippen molar-refractivity contribution >= 4 is 27.8 Å². The summed E-state index contributed by atoms with van der Waals surface area (Å²) in [7, 11) is 0. The minimum Gasteiger partial charge on any atom is -0.381 e. The van der Waals surface area contributed by atoms with Crippen LogP contribution in [0.25, 0.3) is 6.20 Å². The topological polar surface area (TPSA) is 29.9 Å². The van der Waals surface area contributed by atoms with Crippen molar-refractivity contribution in [3.63, 3.8) is 0 Å². The third kappa shape index (κ3) is 2.97. The van der Waals surface area contributed by atoms with Crippen molar-refractivity contribution in [2.24, 2.45) is 0 Å². The van der Waals surface area contributed by atoms with Gasteiger partial charge in [-0.2, -0.15) is 5.10 Å². The molecule has 4 heteroatoms. The molecule has 0 amide bonds. The first-order valence-electron chi connectivity index (χ1n) is 5.34. The molecule has 0 saturated heterocycles. The molecule has 0 radical (unpaired) electrons. The van der Waals surface area contributed by atoms with Crippen LogP contribution in [0, 0.1) is 6.92 Å². The quantitative estimate of drug-likeness (QED) is 0.932. The molecule has 0 unspecified atom stereocenters. The van der Waals surface area contributed by atoms with Crippen LogP contribution in [0.2, 0.25) is 0 Å². The molecule has 0 spiro atoms. The monoisotopic (exact) mass is 291 g/mol. The number of hydrogen-bond acceptors (Lipinski definition) is 2. The molecule has 1 aromatic carbocycles. The normalized spacial score (nSPS) is 10.2. The molecule has 1 N–H and O–H groups in total. The van der Waals surface area contributed by atoms with E-state index in [4.69, 9.17) is 0 Å². The van der Waals surface area contributed by atoms with Crippen LogP contribution < -0.4 is 5.32 Å². The van der Waals surface area contributed by atoms with Gasteiger partial charge in [0.25, 0.3) is 0 Å². The number of benzene rings is 1. The number of nitrogens with one attached hydrogen (secondary N) is 1. The van der Waals surface area contributed by atoms with Crippen LogP contribution in [0.1, 0.15) is 11.1 Å². The zero-order valence-corrected chi connectivity index (χ0v) is 11.2. The van der Waals surface area contributed by atoms with E-state index in [9.17, 15) is 0 Å². The number of nitrogens with zero attached hydrogens (tertiary/aromatic N) is 2. The van der Waals surface area contributed by atoms with Crippen LogP contribution in [0.3, 0.4) is 0 Å². The summed E-state index contributed by atoms with van der Waals surface area (Å²) in [4.78, 5) is 0. The summed E-state index contributed by atoms with van der Waals surface area (Å²) in [6, 6.07) is 6.23. The van der Waals surface area contributed by atoms with Gasteiger partial charge in [-0.25, -0.2) is 4.68 Å². The highest BCUT2D eigenvalue weighted by molar-refractivity contribution is 9.10. The lowest BCUT2D eigenvalue weighted by Gasteiger charge is -2.06. The van der Waals surface area contributed by atoms with Gasteiger partial charge in [-0.3, -0.25) is 0 Å². The van der Waals surface area contributed by atoms with E-state index in [2.05, 4.69) is 58.0 Å².